The van der Waals surface area contributed by atoms with Crippen molar-refractivity contribution in [2.75, 3.05) is 34.0 Å². The van der Waals surface area contributed by atoms with Gasteiger partial charge in [0.1, 0.15) is 19.0 Å². The quantitative estimate of drug-likeness (QED) is 0.408. The average molecular weight is 564 g/mol. The first-order chi connectivity index (χ1) is 19.3. The molecule has 10 heteroatoms. The van der Waals surface area contributed by atoms with Crippen LogP contribution in [0.1, 0.15) is 71.5 Å². The summed E-state index contributed by atoms with van der Waals surface area (Å²) in [4.78, 5) is 32.4. The number of hydrogen-bond donors (Lipinski definition) is 2. The minimum atomic E-state index is -0.940. The maximum absolute atomic E-state index is 13.6. The van der Waals surface area contributed by atoms with E-state index in [1.807, 2.05) is 66.6 Å². The van der Waals surface area contributed by atoms with Gasteiger partial charge in [-0.3, -0.25) is 14.5 Å². The Labute approximate surface area is 237 Å². The summed E-state index contributed by atoms with van der Waals surface area (Å²) < 4.78 is 23.7. The number of alkyl halides is 1. The average Bonchev–Trinajstić information content (AvgIpc) is 3.27. The second-order valence-electron chi connectivity index (χ2n) is 8.82. The van der Waals surface area contributed by atoms with Crippen molar-refractivity contribution < 1.29 is 33.7 Å². The zero-order chi connectivity index (χ0) is 30.6. The molecule has 2 aliphatic heterocycles. The lowest BCUT2D eigenvalue weighted by Gasteiger charge is -2.37. The van der Waals surface area contributed by atoms with Crippen molar-refractivity contribution in [2.45, 2.75) is 67.3 Å². The van der Waals surface area contributed by atoms with Crippen LogP contribution in [-0.4, -0.2) is 77.5 Å². The van der Waals surface area contributed by atoms with Crippen LogP contribution in [0.3, 0.4) is 0 Å². The molecule has 0 spiro atoms. The maximum atomic E-state index is 13.6. The number of nitrogens with zero attached hydrogens (tertiary/aromatic N) is 3. The third kappa shape index (κ3) is 7.35. The zero-order valence-corrected chi connectivity index (χ0v) is 25.3. The number of phenolic OH excluding ortho intramolecular Hbond substituents is 1. The number of pyridine rings is 1. The number of benzene rings is 1. The van der Waals surface area contributed by atoms with Gasteiger partial charge in [0, 0.05) is 29.0 Å². The molecule has 2 aliphatic rings. The van der Waals surface area contributed by atoms with Crippen LogP contribution in [0.2, 0.25) is 0 Å². The first-order valence-electron chi connectivity index (χ1n) is 14.0. The molecule has 0 saturated heterocycles. The number of carbonyl (C=O) groups excluding carboxylic acids is 2. The summed E-state index contributed by atoms with van der Waals surface area (Å²) in [6.45, 7) is 13.1. The van der Waals surface area contributed by atoms with Gasteiger partial charge in [-0.1, -0.05) is 47.6 Å². The highest BCUT2D eigenvalue weighted by molar-refractivity contribution is 5.96. The van der Waals surface area contributed by atoms with E-state index >= 15 is 0 Å². The van der Waals surface area contributed by atoms with Crippen molar-refractivity contribution >= 4 is 29.0 Å². The van der Waals surface area contributed by atoms with Crippen molar-refractivity contribution in [3.05, 3.63) is 41.1 Å². The fraction of sp³-hybridized carbons (Fsp3) is 0.567. The van der Waals surface area contributed by atoms with Crippen LogP contribution in [0.5, 0.6) is 5.75 Å². The lowest BCUT2D eigenvalue weighted by molar-refractivity contribution is -0.151. The summed E-state index contributed by atoms with van der Waals surface area (Å²) in [6.07, 6.45) is -0.0930. The van der Waals surface area contributed by atoms with E-state index in [0.29, 0.717) is 40.0 Å². The van der Waals surface area contributed by atoms with E-state index in [1.54, 1.807) is 25.1 Å². The molecular weight excluding hydrogens is 517 g/mol. The fourth-order valence-electron chi connectivity index (χ4n) is 4.72. The number of aromatic nitrogens is 1. The molecule has 0 saturated carbocycles. The minimum absolute atomic E-state index is 0.121. The molecule has 4 atom stereocenters. The number of phenols is 1. The van der Waals surface area contributed by atoms with Crippen molar-refractivity contribution in [3.8, 4) is 5.75 Å². The van der Waals surface area contributed by atoms with Crippen molar-refractivity contribution in [1.29, 1.82) is 0 Å². The topological polar surface area (TPSA) is 112 Å². The predicted molar refractivity (Wildman–Crippen MR) is 155 cm³/mol. The van der Waals surface area contributed by atoms with Gasteiger partial charge in [-0.25, -0.2) is 9.37 Å². The van der Waals surface area contributed by atoms with Gasteiger partial charge in [0.2, 0.25) is 5.91 Å². The number of ether oxygens (including phenoxy) is 2. The van der Waals surface area contributed by atoms with Crippen LogP contribution in [0.4, 0.5) is 4.39 Å². The number of halogens is 1. The Kier molecular flexibility index (Phi) is 14.8. The van der Waals surface area contributed by atoms with E-state index in [2.05, 4.69) is 0 Å². The van der Waals surface area contributed by atoms with Crippen LogP contribution < -0.4 is 0 Å². The zero-order valence-electron chi connectivity index (χ0n) is 25.3. The molecule has 1 amide bonds. The molecule has 1 aromatic heterocycles. The highest BCUT2D eigenvalue weighted by atomic mass is 19.1. The van der Waals surface area contributed by atoms with E-state index < -0.39 is 36.7 Å². The van der Waals surface area contributed by atoms with Gasteiger partial charge in [-0.15, -0.1) is 0 Å². The number of aliphatic hydroxyl groups excluding tert-OH is 1. The van der Waals surface area contributed by atoms with Crippen LogP contribution in [0.15, 0.2) is 24.3 Å². The largest absolute Gasteiger partial charge is 0.508 e. The Bertz CT molecular complexity index is 1140. The first-order valence-corrected chi connectivity index (χ1v) is 14.0. The first kappa shape index (κ1) is 34.9. The number of carbonyl (C=O) groups is 2. The molecule has 40 heavy (non-hydrogen) atoms. The second-order valence-corrected chi connectivity index (χ2v) is 8.82. The molecule has 3 heterocycles. The van der Waals surface area contributed by atoms with E-state index in [9.17, 15) is 24.2 Å². The van der Waals surface area contributed by atoms with Crippen molar-refractivity contribution in [3.63, 3.8) is 0 Å². The standard InChI is InChI=1S/C24H28FN3O6.3C2H6/c1-13(30)14-9-20-22-16(8-15-17(10-27(2)3)21(31)5-4-19(15)26-22)24(34-7-6-25)28(20)23(32)18(14)11-33-12-29;3*1-2/h4-5,8-9,12-14,18,24,30-31H,6-7,10-11H2,1-3H3;3*1-2H3. The van der Waals surface area contributed by atoms with Crippen LogP contribution in [-0.2, 0) is 25.6 Å². The number of amides is 1. The Balaban J connectivity index is 0.00000125. The maximum Gasteiger partial charge on any atom is 0.293 e. The molecule has 224 valence electrons. The van der Waals surface area contributed by atoms with Crippen molar-refractivity contribution in [1.82, 2.24) is 14.8 Å². The van der Waals surface area contributed by atoms with Crippen LogP contribution in [0.25, 0.3) is 16.6 Å². The number of aliphatic hydroxyl groups is 1. The van der Waals surface area contributed by atoms with E-state index in [0.717, 1.165) is 0 Å². The number of fused-ring (bicyclic) bond motifs is 4. The Morgan fingerprint density at radius 2 is 1.82 bits per heavy atom. The summed E-state index contributed by atoms with van der Waals surface area (Å²) in [5, 5.41) is 21.6. The second kappa shape index (κ2) is 16.9. The van der Waals surface area contributed by atoms with E-state index in [-0.39, 0.29) is 25.4 Å². The molecule has 1 aromatic carbocycles. The molecule has 0 radical (unpaired) electrons. The molecule has 2 aromatic rings. The number of aromatic hydroxyl groups is 1. The van der Waals surface area contributed by atoms with Gasteiger partial charge >= 0.3 is 0 Å². The van der Waals surface area contributed by atoms with Crippen LogP contribution in [0, 0.1) is 11.8 Å². The smallest absolute Gasteiger partial charge is 0.293 e. The van der Waals surface area contributed by atoms with Gasteiger partial charge in [-0.05, 0) is 39.2 Å². The molecule has 0 aliphatic carbocycles. The third-order valence-corrected chi connectivity index (χ3v) is 6.22. The van der Waals surface area contributed by atoms with E-state index in [4.69, 9.17) is 14.5 Å². The molecule has 4 unspecified atom stereocenters. The molecule has 9 nitrogen and oxygen atoms in total. The van der Waals surface area contributed by atoms with E-state index in [1.165, 1.54) is 4.90 Å². The number of hydrogen-bond acceptors (Lipinski definition) is 8. The van der Waals surface area contributed by atoms with Gasteiger partial charge in [0.05, 0.1) is 35.5 Å². The van der Waals surface area contributed by atoms with Crippen molar-refractivity contribution in [2.24, 2.45) is 11.8 Å². The Morgan fingerprint density at radius 1 is 1.18 bits per heavy atom. The molecule has 0 bridgehead atoms. The van der Waals surface area contributed by atoms with Gasteiger partial charge in [-0.2, -0.15) is 0 Å². The molecule has 4 rings (SSSR count). The number of rotatable bonds is 9. The Hall–Kier alpha value is -3.08. The minimum Gasteiger partial charge on any atom is -0.508 e. The summed E-state index contributed by atoms with van der Waals surface area (Å²) in [5.41, 5.74) is 2.81. The lowest BCUT2D eigenvalue weighted by Crippen LogP contribution is -2.46. The third-order valence-electron chi connectivity index (χ3n) is 6.22. The molecule has 2 N–H and O–H groups in total. The normalized spacial score (nSPS) is 19.6. The predicted octanol–water partition coefficient (Wildman–Crippen LogP) is 5.05. The SMILES string of the molecule is CC.CC.CC.CC(O)C1C=C2c3nc4ccc(O)c(CN(C)C)c4cc3C(OCCF)N2C(=O)C1COC=O. The monoisotopic (exact) mass is 563 g/mol. The summed E-state index contributed by atoms with van der Waals surface area (Å²) >= 11 is 0. The highest BCUT2D eigenvalue weighted by Gasteiger charge is 2.48. The van der Waals surface area contributed by atoms with Gasteiger partial charge < -0.3 is 24.6 Å². The molecular formula is C30H46FN3O6. The summed E-state index contributed by atoms with van der Waals surface area (Å²) in [5.74, 6) is -1.74. The van der Waals surface area contributed by atoms with Crippen LogP contribution >= 0.6 is 0 Å². The van der Waals surface area contributed by atoms with Gasteiger partial charge in [0.15, 0.2) is 6.23 Å². The summed E-state index contributed by atoms with van der Waals surface area (Å²) in [6, 6.07) is 5.10. The van der Waals surface area contributed by atoms with Gasteiger partial charge in [0.25, 0.3) is 6.47 Å². The summed E-state index contributed by atoms with van der Waals surface area (Å²) in [7, 11) is 3.77. The highest BCUT2D eigenvalue weighted by Crippen LogP contribution is 2.48. The fourth-order valence-corrected chi connectivity index (χ4v) is 4.72. The lowest BCUT2D eigenvalue weighted by atomic mass is 9.84. The molecule has 0 fully saturated rings. The Morgan fingerprint density at radius 3 is 2.38 bits per heavy atom.